The molecule has 0 spiro atoms. The minimum atomic E-state index is 0. The molecule has 0 bridgehead atoms. The van der Waals surface area contributed by atoms with Crippen LogP contribution in [0.15, 0.2) is 97.6 Å². The van der Waals surface area contributed by atoms with E-state index in [1.165, 1.54) is 106 Å². The predicted molar refractivity (Wildman–Crippen MR) is 233 cm³/mol. The molecule has 2 aliphatic rings. The summed E-state index contributed by atoms with van der Waals surface area (Å²) in [5.74, 6) is 3.53. The van der Waals surface area contributed by atoms with Gasteiger partial charge in [-0.3, -0.25) is 9.80 Å². The van der Waals surface area contributed by atoms with Crippen molar-refractivity contribution in [2.45, 2.75) is 38.8 Å². The molecule has 4 aromatic carbocycles. The van der Waals surface area contributed by atoms with Crippen LogP contribution in [0.3, 0.4) is 0 Å². The number of hydrogen-bond acceptors (Lipinski definition) is 4. The van der Waals surface area contributed by atoms with Gasteiger partial charge in [0.05, 0.1) is 38.1 Å². The maximum absolute atomic E-state index is 5.56. The van der Waals surface area contributed by atoms with Crippen LogP contribution in [-0.2, 0) is 13.1 Å². The first-order valence-corrected chi connectivity index (χ1v) is 19.9. The van der Waals surface area contributed by atoms with Crippen LogP contribution >= 0.6 is 24.8 Å². The van der Waals surface area contributed by atoms with E-state index in [0.29, 0.717) is 0 Å². The number of nitrogens with one attached hydrogen (secondary N) is 2. The number of fused-ring (bicyclic) bond motifs is 10. The summed E-state index contributed by atoms with van der Waals surface area (Å²) in [5, 5.41) is 10.1. The standard InChI is InChI=1S/C46H48N6O2.4ClH/c1-53-35-5-9-41-37(27-35)45-39-29-51(21-15-33(39)3-7-43(45)47-41)25-23-49-17-11-31(12-18-49)32-13-19-50(20-14-32)24-26-52-22-16-34-4-8-44-46(40(34)30-52)38-28-36(54-2)6-10-42(38)48-44;;;;/h3-10,15-16,21-22,27-32H,11-14,17-20,23-26H2,1-2H3;4*1H. The summed E-state index contributed by atoms with van der Waals surface area (Å²) in [6.45, 7) is 9.12. The van der Waals surface area contributed by atoms with Gasteiger partial charge in [-0.1, -0.05) is 12.1 Å². The zero-order chi connectivity index (χ0) is 36.2. The molecule has 2 aliphatic heterocycles. The van der Waals surface area contributed by atoms with Crippen LogP contribution in [0.4, 0.5) is 0 Å². The number of pyridine rings is 2. The first kappa shape index (κ1) is 43.6. The number of ether oxygens (including phenoxy) is 2. The van der Waals surface area contributed by atoms with Crippen molar-refractivity contribution in [1.82, 2.24) is 19.8 Å². The smallest absolute Gasteiger partial charge is 0.177 e. The molecule has 10 rings (SSSR count). The first-order valence-electron chi connectivity index (χ1n) is 19.9. The molecule has 2 fully saturated rings. The van der Waals surface area contributed by atoms with Crippen LogP contribution in [0.1, 0.15) is 25.7 Å². The first-order chi connectivity index (χ1) is 26.6. The number of aromatic amines is 2. The second-order valence-electron chi connectivity index (χ2n) is 15.8. The Morgan fingerprint density at radius 3 is 1.33 bits per heavy atom. The molecule has 2 saturated heterocycles. The lowest BCUT2D eigenvalue weighted by Gasteiger charge is -2.39. The molecular formula is C46H52Cl4N6O2. The Morgan fingerprint density at radius 1 is 0.534 bits per heavy atom. The second-order valence-corrected chi connectivity index (χ2v) is 15.8. The van der Waals surface area contributed by atoms with E-state index in [-0.39, 0.29) is 49.6 Å². The van der Waals surface area contributed by atoms with Crippen molar-refractivity contribution in [2.24, 2.45) is 11.8 Å². The number of hydrogen-bond donors (Lipinski definition) is 2. The van der Waals surface area contributed by atoms with Crippen molar-refractivity contribution in [3.05, 3.63) is 97.6 Å². The minimum Gasteiger partial charge on any atom is -1.00 e. The van der Waals surface area contributed by atoms with E-state index in [2.05, 4.69) is 114 Å². The summed E-state index contributed by atoms with van der Waals surface area (Å²) in [5.41, 5.74) is 4.65. The number of rotatable bonds is 9. The van der Waals surface area contributed by atoms with Crippen LogP contribution in [-0.4, -0.2) is 73.3 Å². The van der Waals surface area contributed by atoms with Gasteiger partial charge >= 0.3 is 0 Å². The molecule has 306 valence electrons. The third-order valence-electron chi connectivity index (χ3n) is 12.9. The summed E-state index contributed by atoms with van der Waals surface area (Å²) in [6, 6.07) is 26.0. The van der Waals surface area contributed by atoms with E-state index < -0.39 is 0 Å². The van der Waals surface area contributed by atoms with Gasteiger partial charge in [0, 0.05) is 55.7 Å². The number of nitrogens with zero attached hydrogens (tertiary/aromatic N) is 4. The van der Waals surface area contributed by atoms with Crippen LogP contribution < -0.4 is 43.4 Å². The molecule has 6 heterocycles. The molecule has 8 aromatic rings. The van der Waals surface area contributed by atoms with Gasteiger partial charge in [-0.2, -0.15) is 0 Å². The van der Waals surface area contributed by atoms with Crippen molar-refractivity contribution in [3.8, 4) is 11.5 Å². The normalized spacial score (nSPS) is 15.7. The Labute approximate surface area is 364 Å². The minimum absolute atomic E-state index is 0. The SMILES string of the molecule is COc1ccc2[nH]c3ccc4cc[n+](CCN5CCC(C6CCN(CC[n+]7ccc8ccc9[nH]c%10ccc(OC)cc%10c9c8c7)CC6)CC5)cc4c3c2c1.Cl.Cl.[Cl-].[Cl-]. The number of piperidine rings is 2. The van der Waals surface area contributed by atoms with Gasteiger partial charge in [0.15, 0.2) is 37.9 Å². The topological polar surface area (TPSA) is 64.3 Å². The molecule has 8 nitrogen and oxygen atoms in total. The highest BCUT2D eigenvalue weighted by molar-refractivity contribution is 6.21. The highest BCUT2D eigenvalue weighted by Crippen LogP contribution is 2.36. The Hall–Kier alpha value is -4.02. The number of methoxy groups -OCH3 is 2. The zero-order valence-corrected chi connectivity index (χ0v) is 36.2. The fourth-order valence-corrected chi connectivity index (χ4v) is 9.71. The Kier molecular flexibility index (Phi) is 13.9. The van der Waals surface area contributed by atoms with Gasteiger partial charge in [0.2, 0.25) is 0 Å². The van der Waals surface area contributed by atoms with Crippen molar-refractivity contribution in [2.75, 3.05) is 53.5 Å². The van der Waals surface area contributed by atoms with Crippen LogP contribution in [0.25, 0.3) is 65.2 Å². The number of benzene rings is 4. The maximum atomic E-state index is 5.56. The number of aromatic nitrogens is 4. The third-order valence-corrected chi connectivity index (χ3v) is 12.9. The van der Waals surface area contributed by atoms with Crippen molar-refractivity contribution in [1.29, 1.82) is 0 Å². The van der Waals surface area contributed by atoms with E-state index in [4.69, 9.17) is 9.47 Å². The maximum Gasteiger partial charge on any atom is 0.177 e. The highest BCUT2D eigenvalue weighted by atomic mass is 35.5. The average Bonchev–Trinajstić information content (AvgIpc) is 3.80. The average molecular weight is 863 g/mol. The van der Waals surface area contributed by atoms with Crippen molar-refractivity contribution in [3.63, 3.8) is 0 Å². The van der Waals surface area contributed by atoms with Crippen molar-refractivity contribution < 1.29 is 43.4 Å². The van der Waals surface area contributed by atoms with Gasteiger partial charge in [0.25, 0.3) is 0 Å². The van der Waals surface area contributed by atoms with E-state index >= 15 is 0 Å². The van der Waals surface area contributed by atoms with Gasteiger partial charge in [-0.15, -0.1) is 24.8 Å². The van der Waals surface area contributed by atoms with Crippen LogP contribution in [0, 0.1) is 11.8 Å². The molecule has 2 N–H and O–H groups in total. The van der Waals surface area contributed by atoms with Gasteiger partial charge in [-0.05, 0) is 123 Å². The summed E-state index contributed by atoms with van der Waals surface area (Å²) < 4.78 is 15.9. The van der Waals surface area contributed by atoms with E-state index in [9.17, 15) is 0 Å². The fraction of sp³-hybridized carbons (Fsp3) is 0.348. The molecule has 58 heavy (non-hydrogen) atoms. The lowest BCUT2D eigenvalue weighted by atomic mass is 9.79. The van der Waals surface area contributed by atoms with E-state index in [1.807, 2.05) is 12.1 Å². The lowest BCUT2D eigenvalue weighted by molar-refractivity contribution is -0.695. The van der Waals surface area contributed by atoms with E-state index in [0.717, 1.165) is 60.5 Å². The Bertz CT molecular complexity index is 2480. The Balaban J connectivity index is 0.00000142. The van der Waals surface area contributed by atoms with Gasteiger partial charge in [0.1, 0.15) is 11.5 Å². The summed E-state index contributed by atoms with van der Waals surface area (Å²) >= 11 is 0. The molecule has 0 radical (unpaired) electrons. The molecule has 12 heteroatoms. The number of H-pyrrole nitrogens is 2. The third kappa shape index (κ3) is 8.25. The lowest BCUT2D eigenvalue weighted by Crippen LogP contribution is -3.00. The molecule has 0 aliphatic carbocycles. The van der Waals surface area contributed by atoms with Gasteiger partial charge in [-0.25, -0.2) is 9.13 Å². The quantitative estimate of drug-likeness (QED) is 0.220. The molecule has 0 atom stereocenters. The van der Waals surface area contributed by atoms with Crippen LogP contribution in [0.2, 0.25) is 0 Å². The van der Waals surface area contributed by atoms with E-state index in [1.54, 1.807) is 14.2 Å². The zero-order valence-electron chi connectivity index (χ0n) is 33.1. The predicted octanol–water partition coefficient (Wildman–Crippen LogP) is 2.83. The monoisotopic (exact) mass is 860 g/mol. The second kappa shape index (κ2) is 18.5. The fourth-order valence-electron chi connectivity index (χ4n) is 9.71. The summed E-state index contributed by atoms with van der Waals surface area (Å²) in [6.07, 6.45) is 14.6. The number of likely N-dealkylation sites (tertiary alicyclic amines) is 2. The number of halogens is 4. The highest BCUT2D eigenvalue weighted by Gasteiger charge is 2.30. The molecule has 4 aromatic heterocycles. The summed E-state index contributed by atoms with van der Waals surface area (Å²) in [7, 11) is 3.48. The summed E-state index contributed by atoms with van der Waals surface area (Å²) in [4.78, 5) is 12.6. The largest absolute Gasteiger partial charge is 1.00 e. The molecule has 0 saturated carbocycles. The van der Waals surface area contributed by atoms with Gasteiger partial charge < -0.3 is 44.3 Å². The molecular weight excluding hydrogens is 810 g/mol. The molecule has 0 unspecified atom stereocenters. The Morgan fingerprint density at radius 2 is 0.931 bits per heavy atom. The van der Waals surface area contributed by atoms with Crippen molar-refractivity contribution >= 4 is 90.0 Å². The van der Waals surface area contributed by atoms with Crippen LogP contribution in [0.5, 0.6) is 11.5 Å². The molecule has 0 amide bonds.